The summed E-state index contributed by atoms with van der Waals surface area (Å²) in [5, 5.41) is 1.98. The van der Waals surface area contributed by atoms with Crippen molar-refractivity contribution >= 4 is 17.2 Å². The van der Waals surface area contributed by atoms with Gasteiger partial charge in [0.1, 0.15) is 0 Å². The lowest BCUT2D eigenvalue weighted by Crippen LogP contribution is -2.27. The minimum Gasteiger partial charge on any atom is -0.478 e. The first-order valence-corrected chi connectivity index (χ1v) is 7.41. The van der Waals surface area contributed by atoms with Crippen LogP contribution >= 0.6 is 11.3 Å². The minimum absolute atomic E-state index is 0.0961. The van der Waals surface area contributed by atoms with E-state index in [1.807, 2.05) is 36.6 Å². The quantitative estimate of drug-likeness (QED) is 0.821. The molecule has 0 spiro atoms. The maximum Gasteiger partial charge on any atom is 0.227 e. The van der Waals surface area contributed by atoms with Gasteiger partial charge < -0.3 is 9.64 Å². The van der Waals surface area contributed by atoms with Gasteiger partial charge in [-0.2, -0.15) is 0 Å². The van der Waals surface area contributed by atoms with Gasteiger partial charge in [-0.1, -0.05) is 12.1 Å². The Morgan fingerprint density at radius 1 is 1.40 bits per heavy atom. The minimum atomic E-state index is 0.0961. The van der Waals surface area contributed by atoms with Crippen LogP contribution in [-0.2, 0) is 17.8 Å². The molecule has 0 N–H and O–H groups in total. The van der Waals surface area contributed by atoms with Crippen molar-refractivity contribution in [2.24, 2.45) is 0 Å². The highest BCUT2D eigenvalue weighted by Gasteiger charge is 2.13. The average molecular weight is 290 g/mol. The van der Waals surface area contributed by atoms with Crippen LogP contribution in [0, 0.1) is 0 Å². The molecule has 0 aliphatic carbocycles. The molecule has 0 aliphatic rings. The Morgan fingerprint density at radius 2 is 2.25 bits per heavy atom. The number of nitrogens with zero attached hydrogens (tertiary/aromatic N) is 2. The van der Waals surface area contributed by atoms with E-state index in [4.69, 9.17) is 4.74 Å². The zero-order chi connectivity index (χ0) is 14.4. The fourth-order valence-corrected chi connectivity index (χ4v) is 2.55. The summed E-state index contributed by atoms with van der Waals surface area (Å²) in [5.41, 5.74) is 0.927. The van der Waals surface area contributed by atoms with E-state index in [1.54, 1.807) is 29.5 Å². The standard InChI is InChI=1S/C15H18N2O2S/c1-3-19-15-12(6-4-8-16-15)11-17(2)14(18)10-13-7-5-9-20-13/h4-9H,3,10-11H2,1-2H3. The van der Waals surface area contributed by atoms with Crippen LogP contribution in [0.4, 0.5) is 0 Å². The molecule has 2 heterocycles. The zero-order valence-electron chi connectivity index (χ0n) is 11.7. The van der Waals surface area contributed by atoms with Crippen LogP contribution in [0.3, 0.4) is 0 Å². The third-order valence-corrected chi connectivity index (χ3v) is 3.75. The molecule has 2 rings (SSSR count). The second kappa shape index (κ2) is 7.05. The first kappa shape index (κ1) is 14.5. The number of amides is 1. The first-order valence-electron chi connectivity index (χ1n) is 6.53. The Bertz CT molecular complexity index is 555. The molecule has 1 amide bonds. The SMILES string of the molecule is CCOc1ncccc1CN(C)C(=O)Cc1cccs1. The van der Waals surface area contributed by atoms with E-state index in [0.29, 0.717) is 25.5 Å². The Balaban J connectivity index is 2.00. The number of ether oxygens (including phenoxy) is 1. The van der Waals surface area contributed by atoms with Gasteiger partial charge in [0.15, 0.2) is 0 Å². The normalized spacial score (nSPS) is 10.3. The number of carbonyl (C=O) groups is 1. The summed E-state index contributed by atoms with van der Waals surface area (Å²) in [6.07, 6.45) is 2.14. The Kier molecular flexibility index (Phi) is 5.12. The molecule has 0 saturated carbocycles. The van der Waals surface area contributed by atoms with Crippen LogP contribution in [0.25, 0.3) is 0 Å². The predicted octanol–water partition coefficient (Wildman–Crippen LogP) is 2.74. The number of aromatic nitrogens is 1. The third kappa shape index (κ3) is 3.81. The van der Waals surface area contributed by atoms with Crippen LogP contribution < -0.4 is 4.74 Å². The van der Waals surface area contributed by atoms with Gasteiger partial charge in [-0.05, 0) is 24.4 Å². The third-order valence-electron chi connectivity index (χ3n) is 2.87. The van der Waals surface area contributed by atoms with Crippen molar-refractivity contribution in [2.75, 3.05) is 13.7 Å². The molecule has 0 fully saturated rings. The average Bonchev–Trinajstić information content (AvgIpc) is 2.94. The highest BCUT2D eigenvalue weighted by molar-refractivity contribution is 7.10. The van der Waals surface area contributed by atoms with Crippen molar-refractivity contribution in [3.8, 4) is 5.88 Å². The number of hydrogen-bond acceptors (Lipinski definition) is 4. The summed E-state index contributed by atoms with van der Waals surface area (Å²) < 4.78 is 5.48. The molecule has 0 aromatic carbocycles. The molecule has 0 radical (unpaired) electrons. The van der Waals surface area contributed by atoms with Crippen molar-refractivity contribution in [1.82, 2.24) is 9.88 Å². The van der Waals surface area contributed by atoms with Crippen LogP contribution in [0.15, 0.2) is 35.8 Å². The molecule has 106 valence electrons. The van der Waals surface area contributed by atoms with Crippen molar-refractivity contribution in [1.29, 1.82) is 0 Å². The van der Waals surface area contributed by atoms with Crippen molar-refractivity contribution in [3.05, 3.63) is 46.3 Å². The van der Waals surface area contributed by atoms with Gasteiger partial charge >= 0.3 is 0 Å². The summed E-state index contributed by atoms with van der Waals surface area (Å²) in [6.45, 7) is 2.99. The second-order valence-corrected chi connectivity index (χ2v) is 5.44. The van der Waals surface area contributed by atoms with Crippen molar-refractivity contribution in [3.63, 3.8) is 0 Å². The number of pyridine rings is 1. The summed E-state index contributed by atoms with van der Waals surface area (Å²) in [7, 11) is 1.80. The van der Waals surface area contributed by atoms with E-state index in [-0.39, 0.29) is 5.91 Å². The van der Waals surface area contributed by atoms with Gasteiger partial charge in [0.25, 0.3) is 0 Å². The summed E-state index contributed by atoms with van der Waals surface area (Å²) in [5.74, 6) is 0.699. The lowest BCUT2D eigenvalue weighted by molar-refractivity contribution is -0.129. The second-order valence-electron chi connectivity index (χ2n) is 4.41. The smallest absolute Gasteiger partial charge is 0.227 e. The molecule has 0 unspecified atom stereocenters. The number of thiophene rings is 1. The maximum atomic E-state index is 12.2. The largest absolute Gasteiger partial charge is 0.478 e. The molecule has 0 atom stereocenters. The van der Waals surface area contributed by atoms with E-state index in [2.05, 4.69) is 4.98 Å². The maximum absolute atomic E-state index is 12.2. The highest BCUT2D eigenvalue weighted by atomic mass is 32.1. The lowest BCUT2D eigenvalue weighted by Gasteiger charge is -2.18. The summed E-state index contributed by atoms with van der Waals surface area (Å²) in [4.78, 5) is 19.1. The monoisotopic (exact) mass is 290 g/mol. The van der Waals surface area contributed by atoms with Gasteiger partial charge in [-0.3, -0.25) is 4.79 Å². The predicted molar refractivity (Wildman–Crippen MR) is 79.9 cm³/mol. The van der Waals surface area contributed by atoms with E-state index in [0.717, 1.165) is 10.4 Å². The summed E-state index contributed by atoms with van der Waals surface area (Å²) in [6, 6.07) is 7.73. The molecule has 2 aromatic heterocycles. The Morgan fingerprint density at radius 3 is 2.95 bits per heavy atom. The van der Waals surface area contributed by atoms with Gasteiger partial charge in [0.2, 0.25) is 11.8 Å². The van der Waals surface area contributed by atoms with E-state index >= 15 is 0 Å². The molecular weight excluding hydrogens is 272 g/mol. The van der Waals surface area contributed by atoms with E-state index in [9.17, 15) is 4.79 Å². The van der Waals surface area contributed by atoms with E-state index < -0.39 is 0 Å². The fourth-order valence-electron chi connectivity index (χ4n) is 1.85. The molecule has 0 aliphatic heterocycles. The molecule has 2 aromatic rings. The van der Waals surface area contributed by atoms with Crippen LogP contribution in [-0.4, -0.2) is 29.4 Å². The molecular formula is C15H18N2O2S. The fraction of sp³-hybridized carbons (Fsp3) is 0.333. The molecule has 5 heteroatoms. The number of likely N-dealkylation sites (N-methyl/N-ethyl adjacent to an activating group) is 1. The first-order chi connectivity index (χ1) is 9.70. The highest BCUT2D eigenvalue weighted by Crippen LogP contribution is 2.17. The summed E-state index contributed by atoms with van der Waals surface area (Å²) >= 11 is 1.60. The molecule has 4 nitrogen and oxygen atoms in total. The van der Waals surface area contributed by atoms with Crippen LogP contribution in [0.2, 0.25) is 0 Å². The van der Waals surface area contributed by atoms with Gasteiger partial charge in [0, 0.05) is 23.7 Å². The van der Waals surface area contributed by atoms with Gasteiger partial charge in [0.05, 0.1) is 19.6 Å². The molecule has 0 bridgehead atoms. The molecule has 0 saturated heterocycles. The topological polar surface area (TPSA) is 42.4 Å². The van der Waals surface area contributed by atoms with Crippen molar-refractivity contribution < 1.29 is 9.53 Å². The molecule has 20 heavy (non-hydrogen) atoms. The van der Waals surface area contributed by atoms with E-state index in [1.165, 1.54) is 0 Å². The Hall–Kier alpha value is -1.88. The van der Waals surface area contributed by atoms with Crippen LogP contribution in [0.5, 0.6) is 5.88 Å². The number of carbonyl (C=O) groups excluding carboxylic acids is 1. The Labute approximate surface area is 123 Å². The van der Waals surface area contributed by atoms with Gasteiger partial charge in [-0.15, -0.1) is 11.3 Å². The zero-order valence-corrected chi connectivity index (χ0v) is 12.5. The lowest BCUT2D eigenvalue weighted by atomic mass is 10.2. The number of rotatable bonds is 6. The van der Waals surface area contributed by atoms with Crippen molar-refractivity contribution in [2.45, 2.75) is 19.9 Å². The van der Waals surface area contributed by atoms with Crippen LogP contribution in [0.1, 0.15) is 17.4 Å². The van der Waals surface area contributed by atoms with Gasteiger partial charge in [-0.25, -0.2) is 4.98 Å². The number of hydrogen-bond donors (Lipinski definition) is 0.